The number of pyridine rings is 1. The van der Waals surface area contributed by atoms with E-state index in [0.29, 0.717) is 5.15 Å². The molecule has 24 heavy (non-hydrogen) atoms. The number of para-hydroxylation sites is 1. The normalized spacial score (nSPS) is 16.1. The maximum atomic E-state index is 12.7. The van der Waals surface area contributed by atoms with Gasteiger partial charge in [0.1, 0.15) is 5.15 Å². The fourth-order valence-electron chi connectivity index (χ4n) is 3.16. The Kier molecular flexibility index (Phi) is 5.48. The zero-order chi connectivity index (χ0) is 16.9. The summed E-state index contributed by atoms with van der Waals surface area (Å²) in [7, 11) is 1.86. The zero-order valence-electron chi connectivity index (χ0n) is 13.9. The number of likely N-dealkylation sites (tertiary alicyclic amines) is 1. The van der Waals surface area contributed by atoms with Crippen LogP contribution in [0.2, 0.25) is 5.15 Å². The van der Waals surface area contributed by atoms with E-state index in [1.807, 2.05) is 49.5 Å². The first-order valence-electron chi connectivity index (χ1n) is 8.30. The van der Waals surface area contributed by atoms with Crippen molar-refractivity contribution in [2.75, 3.05) is 25.0 Å². The minimum absolute atomic E-state index is 0.0961. The van der Waals surface area contributed by atoms with Gasteiger partial charge in [-0.05, 0) is 50.2 Å². The predicted molar refractivity (Wildman–Crippen MR) is 97.1 cm³/mol. The van der Waals surface area contributed by atoms with Crippen LogP contribution in [0.5, 0.6) is 0 Å². The van der Waals surface area contributed by atoms with Gasteiger partial charge < -0.3 is 4.90 Å². The quantitative estimate of drug-likeness (QED) is 0.796. The highest BCUT2D eigenvalue weighted by molar-refractivity contribution is 6.29. The van der Waals surface area contributed by atoms with Gasteiger partial charge >= 0.3 is 0 Å². The van der Waals surface area contributed by atoms with Gasteiger partial charge in [0.25, 0.3) is 0 Å². The Morgan fingerprint density at radius 3 is 2.54 bits per heavy atom. The van der Waals surface area contributed by atoms with Crippen molar-refractivity contribution in [1.82, 2.24) is 9.88 Å². The van der Waals surface area contributed by atoms with Gasteiger partial charge in [-0.25, -0.2) is 4.98 Å². The van der Waals surface area contributed by atoms with E-state index in [1.165, 1.54) is 0 Å². The van der Waals surface area contributed by atoms with Crippen LogP contribution in [0, 0.1) is 5.92 Å². The monoisotopic (exact) mass is 343 g/mol. The van der Waals surface area contributed by atoms with Gasteiger partial charge in [-0.15, -0.1) is 0 Å². The second kappa shape index (κ2) is 7.77. The molecule has 0 atom stereocenters. The predicted octanol–water partition coefficient (Wildman–Crippen LogP) is 3.61. The third kappa shape index (κ3) is 4.13. The number of amides is 1. The Balaban J connectivity index is 1.54. The lowest BCUT2D eigenvalue weighted by Gasteiger charge is -2.33. The first kappa shape index (κ1) is 16.9. The molecule has 1 fully saturated rings. The number of benzene rings is 1. The molecule has 5 heteroatoms. The fourth-order valence-corrected chi connectivity index (χ4v) is 3.34. The van der Waals surface area contributed by atoms with Gasteiger partial charge in [0.05, 0.1) is 5.69 Å². The number of anilines is 1. The summed E-state index contributed by atoms with van der Waals surface area (Å²) in [5.74, 6) is 0.306. The van der Waals surface area contributed by atoms with Crippen molar-refractivity contribution in [3.63, 3.8) is 0 Å². The number of halogens is 1. The molecule has 0 radical (unpaired) electrons. The van der Waals surface area contributed by atoms with E-state index in [4.69, 9.17) is 11.6 Å². The van der Waals surface area contributed by atoms with Crippen molar-refractivity contribution in [3.8, 4) is 0 Å². The Morgan fingerprint density at radius 2 is 1.88 bits per heavy atom. The number of piperidine rings is 1. The molecule has 4 nitrogen and oxygen atoms in total. The van der Waals surface area contributed by atoms with Crippen molar-refractivity contribution in [2.24, 2.45) is 5.92 Å². The summed E-state index contributed by atoms with van der Waals surface area (Å²) in [6.07, 6.45) is 1.77. The molecule has 1 saturated heterocycles. The van der Waals surface area contributed by atoms with Crippen molar-refractivity contribution in [1.29, 1.82) is 0 Å². The minimum atomic E-state index is 0.0961. The number of carbonyl (C=O) groups excluding carboxylic acids is 1. The maximum absolute atomic E-state index is 12.7. The Bertz CT molecular complexity index is 684. The molecule has 2 aromatic rings. The summed E-state index contributed by atoms with van der Waals surface area (Å²) in [4.78, 5) is 21.1. The molecule has 0 saturated carbocycles. The lowest BCUT2D eigenvalue weighted by molar-refractivity contribution is -0.123. The zero-order valence-corrected chi connectivity index (χ0v) is 14.6. The van der Waals surface area contributed by atoms with Crippen LogP contribution in [-0.2, 0) is 11.3 Å². The van der Waals surface area contributed by atoms with E-state index < -0.39 is 0 Å². The fraction of sp³-hybridized carbons (Fsp3) is 0.368. The Morgan fingerprint density at radius 1 is 1.17 bits per heavy atom. The van der Waals surface area contributed by atoms with Gasteiger partial charge in [-0.2, -0.15) is 0 Å². The molecule has 126 valence electrons. The molecule has 0 bridgehead atoms. The van der Waals surface area contributed by atoms with E-state index >= 15 is 0 Å². The van der Waals surface area contributed by atoms with Crippen LogP contribution in [0.1, 0.15) is 18.5 Å². The van der Waals surface area contributed by atoms with Gasteiger partial charge in [0.15, 0.2) is 0 Å². The molecule has 0 unspecified atom stereocenters. The molecule has 1 aromatic heterocycles. The van der Waals surface area contributed by atoms with Crippen LogP contribution in [0.4, 0.5) is 5.69 Å². The van der Waals surface area contributed by atoms with Crippen LogP contribution in [0.3, 0.4) is 0 Å². The second-order valence-corrected chi connectivity index (χ2v) is 6.62. The number of carbonyl (C=O) groups is 1. The number of hydrogen-bond donors (Lipinski definition) is 0. The minimum Gasteiger partial charge on any atom is -0.315 e. The maximum Gasteiger partial charge on any atom is 0.229 e. The summed E-state index contributed by atoms with van der Waals surface area (Å²) in [5, 5.41) is 0.530. The molecular weight excluding hydrogens is 322 g/mol. The highest BCUT2D eigenvalue weighted by atomic mass is 35.5. The number of aromatic nitrogens is 1. The topological polar surface area (TPSA) is 36.4 Å². The second-order valence-electron chi connectivity index (χ2n) is 6.23. The van der Waals surface area contributed by atoms with Crippen LogP contribution in [0.15, 0.2) is 48.5 Å². The largest absolute Gasteiger partial charge is 0.315 e. The standard InChI is InChI=1S/C19H22ClN3O/c1-22(17-7-3-2-4-8-17)19(24)15-10-12-23(13-11-15)14-16-6-5-9-18(20)21-16/h2-9,15H,10-14H2,1H3. The van der Waals surface area contributed by atoms with Crippen LogP contribution in [-0.4, -0.2) is 35.9 Å². The van der Waals surface area contributed by atoms with E-state index in [2.05, 4.69) is 9.88 Å². The molecule has 2 heterocycles. The molecule has 1 aromatic carbocycles. The lowest BCUT2D eigenvalue weighted by Crippen LogP contribution is -2.41. The molecule has 0 N–H and O–H groups in total. The van der Waals surface area contributed by atoms with E-state index in [1.54, 1.807) is 11.0 Å². The summed E-state index contributed by atoms with van der Waals surface area (Å²) < 4.78 is 0. The summed E-state index contributed by atoms with van der Waals surface area (Å²) in [6.45, 7) is 2.61. The van der Waals surface area contributed by atoms with Gasteiger partial charge in [0.2, 0.25) is 5.91 Å². The Hall–Kier alpha value is -1.91. The van der Waals surface area contributed by atoms with Crippen molar-refractivity contribution in [3.05, 3.63) is 59.4 Å². The van der Waals surface area contributed by atoms with Crippen LogP contribution in [0.25, 0.3) is 0 Å². The van der Waals surface area contributed by atoms with E-state index in [9.17, 15) is 4.79 Å². The van der Waals surface area contributed by atoms with Gasteiger partial charge in [0, 0.05) is 25.2 Å². The van der Waals surface area contributed by atoms with Crippen LogP contribution < -0.4 is 4.90 Å². The molecule has 0 spiro atoms. The van der Waals surface area contributed by atoms with Gasteiger partial charge in [-0.3, -0.25) is 9.69 Å². The highest BCUT2D eigenvalue weighted by Crippen LogP contribution is 2.23. The van der Waals surface area contributed by atoms with Crippen molar-refractivity contribution >= 4 is 23.2 Å². The molecule has 1 aliphatic heterocycles. The third-order valence-electron chi connectivity index (χ3n) is 4.57. The molecular formula is C19H22ClN3O. The third-order valence-corrected chi connectivity index (χ3v) is 4.78. The highest BCUT2D eigenvalue weighted by Gasteiger charge is 2.27. The first-order chi connectivity index (χ1) is 11.6. The van der Waals surface area contributed by atoms with E-state index in [0.717, 1.165) is 43.9 Å². The molecule has 1 aliphatic rings. The summed E-state index contributed by atoms with van der Waals surface area (Å²) in [5.41, 5.74) is 1.93. The smallest absolute Gasteiger partial charge is 0.229 e. The number of nitrogens with zero attached hydrogens (tertiary/aromatic N) is 3. The molecule has 3 rings (SSSR count). The number of rotatable bonds is 4. The first-order valence-corrected chi connectivity index (χ1v) is 8.67. The van der Waals surface area contributed by atoms with Crippen molar-refractivity contribution < 1.29 is 4.79 Å². The van der Waals surface area contributed by atoms with Crippen LogP contribution >= 0.6 is 11.6 Å². The average molecular weight is 344 g/mol. The SMILES string of the molecule is CN(C(=O)C1CCN(Cc2cccc(Cl)n2)CC1)c1ccccc1. The van der Waals surface area contributed by atoms with Crippen molar-refractivity contribution in [2.45, 2.75) is 19.4 Å². The van der Waals surface area contributed by atoms with E-state index in [-0.39, 0.29) is 11.8 Å². The number of hydrogen-bond acceptors (Lipinski definition) is 3. The Labute approximate surface area is 148 Å². The summed E-state index contributed by atoms with van der Waals surface area (Å²) in [6, 6.07) is 15.5. The molecule has 1 amide bonds. The average Bonchev–Trinajstić information content (AvgIpc) is 2.62. The summed E-state index contributed by atoms with van der Waals surface area (Å²) >= 11 is 5.94. The lowest BCUT2D eigenvalue weighted by atomic mass is 9.95. The molecule has 0 aliphatic carbocycles. The van der Waals surface area contributed by atoms with Gasteiger partial charge in [-0.1, -0.05) is 35.9 Å².